The molecule has 18 heavy (non-hydrogen) atoms. The number of rotatable bonds is 4. The second kappa shape index (κ2) is 5.13. The predicted molar refractivity (Wildman–Crippen MR) is 70.8 cm³/mol. The summed E-state index contributed by atoms with van der Waals surface area (Å²) in [4.78, 5) is 0.980. The van der Waals surface area contributed by atoms with Crippen LogP contribution in [0.2, 0.25) is 4.34 Å². The fourth-order valence-electron chi connectivity index (χ4n) is 1.41. The fourth-order valence-corrected chi connectivity index (χ4v) is 3.21. The molecule has 0 bridgehead atoms. The third-order valence-electron chi connectivity index (χ3n) is 2.21. The molecule has 0 aromatic carbocycles. The van der Waals surface area contributed by atoms with E-state index in [1.54, 1.807) is 24.2 Å². The number of hydrogen-bond acceptors (Lipinski definition) is 6. The van der Waals surface area contributed by atoms with Gasteiger partial charge in [-0.05, 0) is 12.1 Å². The number of thiophene rings is 1. The third kappa shape index (κ3) is 2.43. The normalized spacial score (nSPS) is 10.9. The van der Waals surface area contributed by atoms with Gasteiger partial charge in [-0.1, -0.05) is 28.5 Å². The van der Waals surface area contributed by atoms with E-state index in [9.17, 15) is 0 Å². The molecule has 0 aliphatic heterocycles. The van der Waals surface area contributed by atoms with Crippen LogP contribution in [0.25, 0.3) is 10.6 Å². The van der Waals surface area contributed by atoms with Crippen molar-refractivity contribution in [3.63, 3.8) is 0 Å². The highest BCUT2D eigenvalue weighted by molar-refractivity contribution is 7.98. The molecule has 0 aliphatic carbocycles. The quantitative estimate of drug-likeness (QED) is 0.747. The Hall–Kier alpha value is -1.31. The SMILES string of the molecule is Clc1ccc(-c2oncc2CSc2cn[nH]n2)s1. The van der Waals surface area contributed by atoms with E-state index in [-0.39, 0.29) is 0 Å². The van der Waals surface area contributed by atoms with E-state index in [0.717, 1.165) is 31.3 Å². The standard InChI is InChI=1S/C10H7ClN4OS2/c11-8-2-1-7(18-8)10-6(3-13-16-10)5-17-9-4-12-15-14-9/h1-4H,5H2,(H,12,14,15). The highest BCUT2D eigenvalue weighted by atomic mass is 35.5. The molecule has 3 rings (SSSR count). The summed E-state index contributed by atoms with van der Waals surface area (Å²) < 4.78 is 6.01. The largest absolute Gasteiger partial charge is 0.355 e. The van der Waals surface area contributed by atoms with E-state index in [4.69, 9.17) is 16.1 Å². The van der Waals surface area contributed by atoms with Crippen LogP contribution in [0.3, 0.4) is 0 Å². The highest BCUT2D eigenvalue weighted by Crippen LogP contribution is 2.35. The van der Waals surface area contributed by atoms with Gasteiger partial charge in [-0.25, -0.2) is 0 Å². The van der Waals surface area contributed by atoms with Gasteiger partial charge in [0.2, 0.25) is 0 Å². The van der Waals surface area contributed by atoms with Gasteiger partial charge < -0.3 is 4.52 Å². The Balaban J connectivity index is 1.79. The summed E-state index contributed by atoms with van der Waals surface area (Å²) in [7, 11) is 0. The molecule has 0 saturated carbocycles. The Morgan fingerprint density at radius 2 is 2.33 bits per heavy atom. The first kappa shape index (κ1) is 11.8. The first-order chi connectivity index (χ1) is 8.83. The molecule has 92 valence electrons. The molecule has 0 unspecified atom stereocenters. The monoisotopic (exact) mass is 298 g/mol. The van der Waals surface area contributed by atoms with Gasteiger partial charge in [0, 0.05) is 11.3 Å². The molecule has 1 N–H and O–H groups in total. The Labute approximate surface area is 116 Å². The third-order valence-corrected chi connectivity index (χ3v) is 4.39. The summed E-state index contributed by atoms with van der Waals surface area (Å²) >= 11 is 8.96. The molecule has 0 spiro atoms. The van der Waals surface area contributed by atoms with Crippen molar-refractivity contribution in [2.24, 2.45) is 0 Å². The van der Waals surface area contributed by atoms with Crippen LogP contribution in [0.5, 0.6) is 0 Å². The van der Waals surface area contributed by atoms with Crippen LogP contribution in [0.15, 0.2) is 34.1 Å². The maximum atomic E-state index is 5.92. The molecule has 0 fully saturated rings. The second-order valence-corrected chi connectivity index (χ2v) is 6.09. The number of aromatic nitrogens is 4. The topological polar surface area (TPSA) is 67.6 Å². The Kier molecular flexibility index (Phi) is 3.35. The van der Waals surface area contributed by atoms with Gasteiger partial charge >= 0.3 is 0 Å². The summed E-state index contributed by atoms with van der Waals surface area (Å²) in [5, 5.41) is 15.0. The van der Waals surface area contributed by atoms with E-state index in [1.807, 2.05) is 12.1 Å². The molecule has 3 aromatic rings. The zero-order valence-electron chi connectivity index (χ0n) is 8.96. The lowest BCUT2D eigenvalue weighted by Crippen LogP contribution is -1.80. The minimum absolute atomic E-state index is 0.723. The minimum atomic E-state index is 0.723. The van der Waals surface area contributed by atoms with Gasteiger partial charge in [-0.15, -0.1) is 16.4 Å². The molecular weight excluding hydrogens is 292 g/mol. The summed E-state index contributed by atoms with van der Waals surface area (Å²) in [6, 6.07) is 3.77. The zero-order valence-corrected chi connectivity index (χ0v) is 11.3. The molecule has 0 amide bonds. The maximum Gasteiger partial charge on any atom is 0.180 e. The summed E-state index contributed by atoms with van der Waals surface area (Å²) in [6.07, 6.45) is 3.40. The molecule has 0 aliphatic rings. The van der Waals surface area contributed by atoms with Crippen molar-refractivity contribution >= 4 is 34.7 Å². The Morgan fingerprint density at radius 1 is 1.39 bits per heavy atom. The lowest BCUT2D eigenvalue weighted by molar-refractivity contribution is 0.432. The first-order valence-corrected chi connectivity index (χ1v) is 7.19. The van der Waals surface area contributed by atoms with Crippen LogP contribution in [0, 0.1) is 0 Å². The van der Waals surface area contributed by atoms with E-state index in [0.29, 0.717) is 0 Å². The van der Waals surface area contributed by atoms with Crippen LogP contribution in [0.4, 0.5) is 0 Å². The maximum absolute atomic E-state index is 5.92. The van der Waals surface area contributed by atoms with Crippen LogP contribution < -0.4 is 0 Å². The Morgan fingerprint density at radius 3 is 3.06 bits per heavy atom. The average molecular weight is 299 g/mol. The summed E-state index contributed by atoms with van der Waals surface area (Å²) in [6.45, 7) is 0. The van der Waals surface area contributed by atoms with Gasteiger partial charge in [0.05, 0.1) is 21.6 Å². The minimum Gasteiger partial charge on any atom is -0.355 e. The molecular formula is C10H7ClN4OS2. The van der Waals surface area contributed by atoms with Crippen molar-refractivity contribution in [1.29, 1.82) is 0 Å². The summed E-state index contributed by atoms with van der Waals surface area (Å²) in [5.74, 6) is 1.49. The highest BCUT2D eigenvalue weighted by Gasteiger charge is 2.13. The van der Waals surface area contributed by atoms with Gasteiger partial charge in [-0.2, -0.15) is 10.3 Å². The van der Waals surface area contributed by atoms with E-state index >= 15 is 0 Å². The van der Waals surface area contributed by atoms with Gasteiger partial charge in [0.25, 0.3) is 0 Å². The number of hydrogen-bond donors (Lipinski definition) is 1. The zero-order chi connectivity index (χ0) is 12.4. The van der Waals surface area contributed by atoms with E-state index in [1.165, 1.54) is 11.3 Å². The van der Waals surface area contributed by atoms with Crippen LogP contribution >= 0.6 is 34.7 Å². The molecule has 8 heteroatoms. The average Bonchev–Trinajstić information content (AvgIpc) is 3.07. The van der Waals surface area contributed by atoms with Crippen LogP contribution in [0.1, 0.15) is 5.56 Å². The van der Waals surface area contributed by atoms with Gasteiger partial charge in [0.1, 0.15) is 5.03 Å². The molecule has 3 heterocycles. The van der Waals surface area contributed by atoms with E-state index in [2.05, 4.69) is 20.6 Å². The van der Waals surface area contributed by atoms with Crippen molar-refractivity contribution in [2.45, 2.75) is 10.8 Å². The Bertz CT molecular complexity index is 634. The molecule has 0 saturated heterocycles. The molecule has 0 atom stereocenters. The molecule has 3 aromatic heterocycles. The predicted octanol–water partition coefficient (Wildman–Crippen LogP) is 3.47. The number of aromatic amines is 1. The number of halogens is 1. The van der Waals surface area contributed by atoms with E-state index < -0.39 is 0 Å². The van der Waals surface area contributed by atoms with Crippen molar-refractivity contribution in [3.8, 4) is 10.6 Å². The lowest BCUT2D eigenvalue weighted by atomic mass is 10.2. The summed E-state index contributed by atoms with van der Waals surface area (Å²) in [5.41, 5.74) is 1.02. The smallest absolute Gasteiger partial charge is 0.180 e. The van der Waals surface area contributed by atoms with Crippen molar-refractivity contribution in [3.05, 3.63) is 34.4 Å². The second-order valence-electron chi connectivity index (χ2n) is 3.38. The number of nitrogens with zero attached hydrogens (tertiary/aromatic N) is 3. The lowest BCUT2D eigenvalue weighted by Gasteiger charge is -1.96. The molecule has 0 radical (unpaired) electrons. The van der Waals surface area contributed by atoms with Gasteiger partial charge in [0.15, 0.2) is 5.76 Å². The van der Waals surface area contributed by atoms with Crippen LogP contribution in [-0.4, -0.2) is 20.6 Å². The van der Waals surface area contributed by atoms with Crippen molar-refractivity contribution < 1.29 is 4.52 Å². The number of H-pyrrole nitrogens is 1. The number of nitrogens with one attached hydrogen (secondary N) is 1. The van der Waals surface area contributed by atoms with Crippen LogP contribution in [-0.2, 0) is 5.75 Å². The first-order valence-electron chi connectivity index (χ1n) is 5.01. The molecule has 5 nitrogen and oxygen atoms in total. The number of thioether (sulfide) groups is 1. The van der Waals surface area contributed by atoms with Gasteiger partial charge in [-0.3, -0.25) is 0 Å². The van der Waals surface area contributed by atoms with Crippen molar-refractivity contribution in [1.82, 2.24) is 20.6 Å². The van der Waals surface area contributed by atoms with Crippen molar-refractivity contribution in [2.75, 3.05) is 0 Å². The fraction of sp³-hybridized carbons (Fsp3) is 0.100.